The van der Waals surface area contributed by atoms with Gasteiger partial charge in [0.1, 0.15) is 28.8 Å². The van der Waals surface area contributed by atoms with Gasteiger partial charge in [0.15, 0.2) is 0 Å². The zero-order valence-electron chi connectivity index (χ0n) is 31.0. The molecule has 3 aromatic carbocycles. The van der Waals surface area contributed by atoms with E-state index in [9.17, 15) is 14.7 Å². The van der Waals surface area contributed by atoms with Crippen LogP contribution in [0, 0.1) is 36.0 Å². The summed E-state index contributed by atoms with van der Waals surface area (Å²) in [5, 5.41) is 17.1. The molecule has 6 atom stereocenters. The van der Waals surface area contributed by atoms with Crippen LogP contribution in [0.25, 0.3) is 20.7 Å². The van der Waals surface area contributed by atoms with Gasteiger partial charge in [-0.15, -0.1) is 11.3 Å². The molecule has 56 heavy (non-hydrogen) atoms. The van der Waals surface area contributed by atoms with Gasteiger partial charge < -0.3 is 14.6 Å². The lowest BCUT2D eigenvalue weighted by Gasteiger charge is -2.49. The molecule has 0 spiro atoms. The van der Waals surface area contributed by atoms with Gasteiger partial charge in [-0.3, -0.25) is 28.8 Å². The van der Waals surface area contributed by atoms with Crippen LogP contribution >= 0.6 is 38.9 Å². The summed E-state index contributed by atoms with van der Waals surface area (Å²) in [7, 11) is 4.64. The number of aryl methyl sites for hydroxylation is 2. The van der Waals surface area contributed by atoms with E-state index >= 15 is 9.59 Å². The Hall–Kier alpha value is -4.98. The summed E-state index contributed by atoms with van der Waals surface area (Å²) >= 11 is 11.3. The van der Waals surface area contributed by atoms with Gasteiger partial charge in [-0.1, -0.05) is 39.2 Å². The minimum absolute atomic E-state index is 0.104. The number of aromatic nitrogens is 2. The van der Waals surface area contributed by atoms with Gasteiger partial charge >= 0.3 is 0 Å². The average molecular weight is 856 g/mol. The van der Waals surface area contributed by atoms with E-state index in [1.807, 2.05) is 31.2 Å². The number of allylic oxidation sites excluding steroid dienone is 2. The molecule has 1 saturated carbocycles. The maximum absolute atomic E-state index is 15.3. The minimum Gasteiger partial charge on any atom is -0.508 e. The van der Waals surface area contributed by atoms with Gasteiger partial charge in [-0.25, -0.2) is 4.90 Å². The van der Waals surface area contributed by atoms with Crippen molar-refractivity contribution in [3.63, 3.8) is 0 Å². The maximum Gasteiger partial charge on any atom is 0.242 e. The topological polar surface area (TPSA) is 131 Å². The van der Waals surface area contributed by atoms with Crippen molar-refractivity contribution in [1.82, 2.24) is 9.78 Å². The number of nitrogens with zero attached hydrogens (tertiary/aromatic N) is 4. The molecule has 4 heterocycles. The van der Waals surface area contributed by atoms with Crippen LogP contribution in [0.4, 0.5) is 11.5 Å². The third-order valence-electron chi connectivity index (χ3n) is 12.4. The molecule has 4 aliphatic rings. The van der Waals surface area contributed by atoms with Crippen molar-refractivity contribution in [3.05, 3.63) is 92.9 Å². The fraction of sp³-hybridized carbons (Fsp3) is 0.310. The predicted molar refractivity (Wildman–Crippen MR) is 216 cm³/mol. The number of rotatable bonds is 6. The lowest BCUT2D eigenvalue weighted by Crippen LogP contribution is -2.49. The monoisotopic (exact) mass is 854 g/mol. The number of benzene rings is 3. The van der Waals surface area contributed by atoms with Crippen molar-refractivity contribution in [2.24, 2.45) is 36.1 Å². The highest BCUT2D eigenvalue weighted by Crippen LogP contribution is 2.66. The molecule has 0 unspecified atom stereocenters. The number of hydrogen-bond acceptors (Lipinski definition) is 9. The maximum atomic E-state index is 15.3. The Morgan fingerprint density at radius 3 is 2.30 bits per heavy atom. The van der Waals surface area contributed by atoms with E-state index in [0.717, 1.165) is 30.6 Å². The fourth-order valence-electron chi connectivity index (χ4n) is 9.81. The van der Waals surface area contributed by atoms with Crippen molar-refractivity contribution in [3.8, 4) is 27.8 Å². The molecule has 5 aromatic rings. The van der Waals surface area contributed by atoms with Crippen LogP contribution in [-0.2, 0) is 26.2 Å². The second kappa shape index (κ2) is 13.0. The number of fused-ring (bicyclic) bond motifs is 5. The number of phenolic OH excluding ortho intramolecular Hbond substituents is 1. The van der Waals surface area contributed by atoms with E-state index in [1.54, 1.807) is 60.3 Å². The van der Waals surface area contributed by atoms with Gasteiger partial charge in [0.2, 0.25) is 23.6 Å². The zero-order chi connectivity index (χ0) is 39.5. The van der Waals surface area contributed by atoms with E-state index in [1.165, 1.54) is 36.2 Å². The number of anilines is 2. The Morgan fingerprint density at radius 1 is 0.929 bits per heavy atom. The molecular formula is C42H36BrClN4O7S. The quantitative estimate of drug-likeness (QED) is 0.134. The van der Waals surface area contributed by atoms with Gasteiger partial charge in [0.25, 0.3) is 0 Å². The minimum atomic E-state index is -1.39. The molecule has 4 amide bonds. The van der Waals surface area contributed by atoms with E-state index in [0.29, 0.717) is 27.8 Å². The van der Waals surface area contributed by atoms with Crippen LogP contribution in [-0.4, -0.2) is 52.7 Å². The summed E-state index contributed by atoms with van der Waals surface area (Å²) < 4.78 is 15.1. The van der Waals surface area contributed by atoms with Gasteiger partial charge in [-0.05, 0) is 86.0 Å². The van der Waals surface area contributed by atoms with E-state index < -0.39 is 46.8 Å². The molecule has 14 heteroatoms. The molecule has 11 nitrogen and oxygen atoms in total. The Labute approximate surface area is 339 Å². The highest BCUT2D eigenvalue weighted by atomic mass is 79.9. The smallest absolute Gasteiger partial charge is 0.242 e. The first-order valence-electron chi connectivity index (χ1n) is 18.2. The van der Waals surface area contributed by atoms with Crippen molar-refractivity contribution in [2.45, 2.75) is 32.6 Å². The Bertz CT molecular complexity index is 2560. The summed E-state index contributed by atoms with van der Waals surface area (Å²) in [6.45, 7) is 3.80. The largest absolute Gasteiger partial charge is 0.508 e. The van der Waals surface area contributed by atoms with E-state index in [4.69, 9.17) is 26.2 Å². The third-order valence-corrected chi connectivity index (χ3v) is 14.5. The van der Waals surface area contributed by atoms with Crippen molar-refractivity contribution < 1.29 is 33.8 Å². The van der Waals surface area contributed by atoms with Crippen LogP contribution in [0.5, 0.6) is 17.2 Å². The Balaban J connectivity index is 1.19. The van der Waals surface area contributed by atoms with Gasteiger partial charge in [-0.2, -0.15) is 5.10 Å². The van der Waals surface area contributed by atoms with Crippen molar-refractivity contribution in [2.75, 3.05) is 24.0 Å². The summed E-state index contributed by atoms with van der Waals surface area (Å²) in [6, 6.07) is 17.4. The second-order valence-electron chi connectivity index (χ2n) is 15.1. The summed E-state index contributed by atoms with van der Waals surface area (Å²) in [4.78, 5) is 62.3. The number of imide groups is 2. The number of carbonyl (C=O) groups excluding carboxylic acids is 4. The molecule has 0 radical (unpaired) electrons. The van der Waals surface area contributed by atoms with Crippen molar-refractivity contribution in [1.29, 1.82) is 0 Å². The number of ether oxygens (including phenoxy) is 2. The number of phenols is 1. The van der Waals surface area contributed by atoms with E-state index in [-0.39, 0.29) is 41.9 Å². The summed E-state index contributed by atoms with van der Waals surface area (Å²) in [5.41, 5.74) is 1.92. The Kier molecular flexibility index (Phi) is 8.53. The van der Waals surface area contributed by atoms with Crippen LogP contribution < -0.4 is 19.3 Å². The number of hydrogen-bond donors (Lipinski definition) is 1. The molecule has 2 aliphatic heterocycles. The van der Waals surface area contributed by atoms with Crippen LogP contribution in [0.3, 0.4) is 0 Å². The van der Waals surface area contributed by atoms with Crippen LogP contribution in [0.2, 0.25) is 5.02 Å². The SMILES string of the molecule is COc1cc(O)cc(OC)c1[C@H]1C2=CC[C@@H]3C(=O)N(c4ccc(Br)cc4)C(=O)[C@@H]3[C@@H]2C[C@H]2C(=O)N(c3cc(-c4sc5ccc(Cl)cc5c4C)nn3C)C(=O)[C@@]12C. The molecule has 3 fully saturated rings. The van der Waals surface area contributed by atoms with Crippen LogP contribution in [0.1, 0.15) is 36.8 Å². The van der Waals surface area contributed by atoms with Gasteiger partial charge in [0.05, 0.1) is 48.0 Å². The molecule has 2 aliphatic carbocycles. The molecule has 286 valence electrons. The molecular weight excluding hydrogens is 820 g/mol. The number of aromatic hydroxyl groups is 1. The number of amides is 4. The lowest BCUT2D eigenvalue weighted by molar-refractivity contribution is -0.131. The lowest BCUT2D eigenvalue weighted by atomic mass is 9.51. The predicted octanol–water partition coefficient (Wildman–Crippen LogP) is 8.18. The number of halogens is 2. The number of thiophene rings is 1. The summed E-state index contributed by atoms with van der Waals surface area (Å²) in [6.07, 6.45) is 2.40. The third kappa shape index (κ3) is 5.09. The molecule has 2 saturated heterocycles. The van der Waals surface area contributed by atoms with E-state index in [2.05, 4.69) is 15.9 Å². The number of carbonyl (C=O) groups is 4. The highest BCUT2D eigenvalue weighted by molar-refractivity contribution is 9.10. The standard InChI is InChI=1S/C42H36BrClN4O7S/c1-19-26-14-21(44)8-13-32(26)56-37(19)29-18-33(46(3)45-29)48-39(51)28-17-27-24(11-12-25-34(27)40(52)47(38(25)50)22-9-6-20(43)7-10-22)36(42(28,2)41(48)53)35-30(54-4)15-23(49)16-31(35)55-5/h6-11,13-16,18,25,27-28,34,36,49H,12,17H2,1-5H3/t25-,27+,28-,34-,36+,42+/m0/s1. The molecule has 9 rings (SSSR count). The molecule has 0 bridgehead atoms. The van der Waals surface area contributed by atoms with Gasteiger partial charge in [0, 0.05) is 50.9 Å². The summed E-state index contributed by atoms with van der Waals surface area (Å²) in [5.74, 6) is -4.45. The second-order valence-corrected chi connectivity index (χ2v) is 17.5. The first-order chi connectivity index (χ1) is 26.8. The highest BCUT2D eigenvalue weighted by Gasteiger charge is 2.68. The molecule has 2 aromatic heterocycles. The first kappa shape index (κ1) is 36.6. The number of methoxy groups -OCH3 is 2. The molecule has 1 N–H and O–H groups in total. The normalized spacial score (nSPS) is 25.8. The fourth-order valence-corrected chi connectivity index (χ4v) is 11.4. The first-order valence-corrected chi connectivity index (χ1v) is 20.2. The average Bonchev–Trinajstić information content (AvgIpc) is 3.85. The zero-order valence-corrected chi connectivity index (χ0v) is 34.2. The van der Waals surface area contributed by atoms with Crippen LogP contribution in [0.15, 0.2) is 76.8 Å². The van der Waals surface area contributed by atoms with Crippen molar-refractivity contribution >= 4 is 84.1 Å². The Morgan fingerprint density at radius 2 is 1.62 bits per heavy atom.